The summed E-state index contributed by atoms with van der Waals surface area (Å²) < 4.78 is 5.42. The lowest BCUT2D eigenvalue weighted by molar-refractivity contribution is 0.0273. The Morgan fingerprint density at radius 2 is 2.12 bits per heavy atom. The standard InChI is InChI=1S/C18H21N3O4/c1-18(2,3)25-17(24)21-8-4-5-11(10-21)13-7-6-12-14(22)9-15(23)20-16(12)19-13/h5-7,9H,4,8,10H2,1-3H3,(H2,19,20,22,23). The van der Waals surface area contributed by atoms with Gasteiger partial charge in [0.1, 0.15) is 17.0 Å². The van der Waals surface area contributed by atoms with Crippen LogP contribution in [0.2, 0.25) is 0 Å². The zero-order valence-corrected chi connectivity index (χ0v) is 14.5. The lowest BCUT2D eigenvalue weighted by Crippen LogP contribution is -2.39. The van der Waals surface area contributed by atoms with Crippen LogP contribution in [0.4, 0.5) is 4.79 Å². The van der Waals surface area contributed by atoms with E-state index in [1.807, 2.05) is 26.8 Å². The molecule has 0 unspecified atom stereocenters. The monoisotopic (exact) mass is 343 g/mol. The molecular weight excluding hydrogens is 322 g/mol. The Morgan fingerprint density at radius 1 is 1.36 bits per heavy atom. The second kappa shape index (κ2) is 6.23. The minimum Gasteiger partial charge on any atom is -0.507 e. The number of aromatic nitrogens is 2. The third kappa shape index (κ3) is 3.81. The van der Waals surface area contributed by atoms with E-state index in [1.165, 1.54) is 0 Å². The Hall–Kier alpha value is -2.83. The number of carbonyl (C=O) groups excluding carboxylic acids is 1. The molecule has 7 heteroatoms. The summed E-state index contributed by atoms with van der Waals surface area (Å²) in [5.74, 6) is -0.106. The first-order valence-electron chi connectivity index (χ1n) is 8.13. The minimum absolute atomic E-state index is 0.106. The van der Waals surface area contributed by atoms with Crippen molar-refractivity contribution in [3.63, 3.8) is 0 Å². The van der Waals surface area contributed by atoms with E-state index in [-0.39, 0.29) is 11.8 Å². The van der Waals surface area contributed by atoms with Gasteiger partial charge in [-0.3, -0.25) is 4.79 Å². The molecule has 3 heterocycles. The van der Waals surface area contributed by atoms with Gasteiger partial charge in [0, 0.05) is 12.6 Å². The van der Waals surface area contributed by atoms with Crippen LogP contribution in [0.5, 0.6) is 5.75 Å². The molecule has 0 aromatic carbocycles. The molecule has 2 N–H and O–H groups in total. The van der Waals surface area contributed by atoms with Gasteiger partial charge >= 0.3 is 6.09 Å². The van der Waals surface area contributed by atoms with E-state index in [0.29, 0.717) is 36.2 Å². The molecule has 0 saturated carbocycles. The van der Waals surface area contributed by atoms with Gasteiger partial charge in [-0.15, -0.1) is 0 Å². The molecule has 0 radical (unpaired) electrons. The average Bonchev–Trinajstić information content (AvgIpc) is 2.52. The van der Waals surface area contributed by atoms with Crippen molar-refractivity contribution in [2.45, 2.75) is 32.8 Å². The summed E-state index contributed by atoms with van der Waals surface area (Å²) in [5.41, 5.74) is 0.891. The number of fused-ring (bicyclic) bond motifs is 1. The maximum Gasteiger partial charge on any atom is 0.410 e. The van der Waals surface area contributed by atoms with E-state index in [9.17, 15) is 14.7 Å². The van der Waals surface area contributed by atoms with E-state index in [4.69, 9.17) is 4.74 Å². The maximum atomic E-state index is 12.3. The number of pyridine rings is 2. The van der Waals surface area contributed by atoms with Crippen LogP contribution < -0.4 is 5.56 Å². The van der Waals surface area contributed by atoms with Gasteiger partial charge in [0.2, 0.25) is 0 Å². The average molecular weight is 343 g/mol. The van der Waals surface area contributed by atoms with Gasteiger partial charge < -0.3 is 19.7 Å². The van der Waals surface area contributed by atoms with Crippen molar-refractivity contribution in [2.24, 2.45) is 0 Å². The van der Waals surface area contributed by atoms with Crippen molar-refractivity contribution in [2.75, 3.05) is 13.1 Å². The number of nitrogens with one attached hydrogen (secondary N) is 1. The van der Waals surface area contributed by atoms with E-state index in [2.05, 4.69) is 9.97 Å². The number of amides is 1. The Bertz CT molecular complexity index is 909. The summed E-state index contributed by atoms with van der Waals surface area (Å²) in [6, 6.07) is 4.59. The SMILES string of the molecule is CC(C)(C)OC(=O)N1CCC=C(c2ccc3c(O)cc(=O)[nH]c3n2)C1. The zero-order valence-electron chi connectivity index (χ0n) is 14.5. The Kier molecular flexibility index (Phi) is 4.24. The molecule has 1 aliphatic rings. The highest BCUT2D eigenvalue weighted by molar-refractivity contribution is 5.83. The number of ether oxygens (including phenoxy) is 1. The number of aromatic hydroxyl groups is 1. The fourth-order valence-electron chi connectivity index (χ4n) is 2.71. The highest BCUT2D eigenvalue weighted by atomic mass is 16.6. The molecule has 0 fully saturated rings. The lowest BCUT2D eigenvalue weighted by Gasteiger charge is -2.30. The largest absolute Gasteiger partial charge is 0.507 e. The first-order chi connectivity index (χ1) is 11.7. The van der Waals surface area contributed by atoms with Gasteiger partial charge in [0.05, 0.1) is 17.6 Å². The minimum atomic E-state index is -0.545. The number of hydrogen-bond acceptors (Lipinski definition) is 5. The molecule has 0 aliphatic carbocycles. The van der Waals surface area contributed by atoms with Crippen LogP contribution in [0.1, 0.15) is 32.9 Å². The van der Waals surface area contributed by atoms with Crippen molar-refractivity contribution in [3.05, 3.63) is 40.3 Å². The Morgan fingerprint density at radius 3 is 2.84 bits per heavy atom. The summed E-state index contributed by atoms with van der Waals surface area (Å²) in [7, 11) is 0. The molecule has 132 valence electrons. The molecule has 0 bridgehead atoms. The van der Waals surface area contributed by atoms with Crippen molar-refractivity contribution < 1.29 is 14.6 Å². The van der Waals surface area contributed by atoms with Crippen molar-refractivity contribution in [3.8, 4) is 5.75 Å². The number of carbonyl (C=O) groups is 1. The van der Waals surface area contributed by atoms with Crippen molar-refractivity contribution in [1.29, 1.82) is 0 Å². The molecule has 1 aliphatic heterocycles. The van der Waals surface area contributed by atoms with E-state index in [1.54, 1.807) is 17.0 Å². The second-order valence-corrected chi connectivity index (χ2v) is 7.03. The quantitative estimate of drug-likeness (QED) is 0.830. The molecule has 2 aromatic rings. The normalized spacial score (nSPS) is 15.2. The third-order valence-electron chi connectivity index (χ3n) is 3.81. The molecule has 1 amide bonds. The smallest absolute Gasteiger partial charge is 0.410 e. The first kappa shape index (κ1) is 17.0. The predicted molar refractivity (Wildman–Crippen MR) is 94.4 cm³/mol. The number of nitrogens with zero attached hydrogens (tertiary/aromatic N) is 2. The maximum absolute atomic E-state index is 12.3. The highest BCUT2D eigenvalue weighted by Crippen LogP contribution is 2.25. The fraction of sp³-hybridized carbons (Fsp3) is 0.389. The van der Waals surface area contributed by atoms with E-state index in [0.717, 1.165) is 11.6 Å². The van der Waals surface area contributed by atoms with Crippen LogP contribution >= 0.6 is 0 Å². The summed E-state index contributed by atoms with van der Waals surface area (Å²) in [5, 5.41) is 10.3. The zero-order chi connectivity index (χ0) is 18.2. The number of H-pyrrole nitrogens is 1. The highest BCUT2D eigenvalue weighted by Gasteiger charge is 2.25. The van der Waals surface area contributed by atoms with Crippen LogP contribution in [0.3, 0.4) is 0 Å². The van der Waals surface area contributed by atoms with E-state index >= 15 is 0 Å². The molecule has 0 saturated heterocycles. The fourth-order valence-corrected chi connectivity index (χ4v) is 2.71. The predicted octanol–water partition coefficient (Wildman–Crippen LogP) is 2.65. The Balaban J connectivity index is 1.87. The van der Waals surface area contributed by atoms with Gasteiger partial charge in [-0.05, 0) is 44.9 Å². The number of rotatable bonds is 1. The Labute approximate surface area is 144 Å². The van der Waals surface area contributed by atoms with Crippen LogP contribution in [-0.2, 0) is 4.74 Å². The molecule has 0 spiro atoms. The number of hydrogen-bond donors (Lipinski definition) is 2. The topological polar surface area (TPSA) is 95.5 Å². The van der Waals surface area contributed by atoms with E-state index < -0.39 is 11.2 Å². The summed E-state index contributed by atoms with van der Waals surface area (Å²) in [6.07, 6.45) is 2.37. The van der Waals surface area contributed by atoms with Gasteiger partial charge in [-0.25, -0.2) is 9.78 Å². The summed E-state index contributed by atoms with van der Waals surface area (Å²) in [6.45, 7) is 6.47. The molecule has 7 nitrogen and oxygen atoms in total. The summed E-state index contributed by atoms with van der Waals surface area (Å²) >= 11 is 0. The van der Waals surface area contributed by atoms with Gasteiger partial charge in [-0.2, -0.15) is 0 Å². The van der Waals surface area contributed by atoms with Crippen LogP contribution in [0.15, 0.2) is 29.1 Å². The molecule has 2 aromatic heterocycles. The molecule has 25 heavy (non-hydrogen) atoms. The van der Waals surface area contributed by atoms with Crippen LogP contribution in [-0.4, -0.2) is 44.8 Å². The molecular formula is C18H21N3O4. The lowest BCUT2D eigenvalue weighted by atomic mass is 10.1. The van der Waals surface area contributed by atoms with Crippen molar-refractivity contribution in [1.82, 2.24) is 14.9 Å². The van der Waals surface area contributed by atoms with Gasteiger partial charge in [0.15, 0.2) is 0 Å². The van der Waals surface area contributed by atoms with Crippen LogP contribution in [0.25, 0.3) is 16.6 Å². The molecule has 0 atom stereocenters. The van der Waals surface area contributed by atoms with Gasteiger partial charge in [-0.1, -0.05) is 6.08 Å². The first-order valence-corrected chi connectivity index (χ1v) is 8.13. The second-order valence-electron chi connectivity index (χ2n) is 7.03. The number of aromatic amines is 1. The summed E-state index contributed by atoms with van der Waals surface area (Å²) in [4.78, 5) is 32.5. The van der Waals surface area contributed by atoms with Crippen molar-refractivity contribution >= 4 is 22.7 Å². The molecule has 3 rings (SSSR count). The third-order valence-corrected chi connectivity index (χ3v) is 3.81. The van der Waals surface area contributed by atoms with Crippen LogP contribution in [0, 0.1) is 0 Å². The van der Waals surface area contributed by atoms with Gasteiger partial charge in [0.25, 0.3) is 5.56 Å².